The third-order valence-corrected chi connectivity index (χ3v) is 3.83. The summed E-state index contributed by atoms with van der Waals surface area (Å²) in [5.74, 6) is -0.0338. The first-order valence-corrected chi connectivity index (χ1v) is 6.79. The van der Waals surface area contributed by atoms with Crippen molar-refractivity contribution in [1.29, 1.82) is 0 Å². The van der Waals surface area contributed by atoms with Crippen molar-refractivity contribution in [2.75, 3.05) is 0 Å². The molecule has 0 saturated heterocycles. The van der Waals surface area contributed by atoms with Gasteiger partial charge in [0.05, 0.1) is 10.4 Å². The number of nitrogens with one attached hydrogen (secondary N) is 1. The van der Waals surface area contributed by atoms with Gasteiger partial charge in [0.25, 0.3) is 0 Å². The molecule has 100 valence electrons. The van der Waals surface area contributed by atoms with E-state index < -0.39 is 5.41 Å². The zero-order chi connectivity index (χ0) is 13.7. The maximum Gasteiger partial charge on any atom is 0.233 e. The zero-order valence-electron chi connectivity index (χ0n) is 11.7. The van der Waals surface area contributed by atoms with Gasteiger partial charge in [-0.2, -0.15) is 0 Å². The second-order valence-electron chi connectivity index (χ2n) is 5.24. The van der Waals surface area contributed by atoms with E-state index in [4.69, 9.17) is 18.0 Å². The van der Waals surface area contributed by atoms with Gasteiger partial charge in [0.15, 0.2) is 0 Å². The van der Waals surface area contributed by atoms with Crippen LogP contribution in [-0.2, 0) is 4.79 Å². The van der Waals surface area contributed by atoms with Crippen molar-refractivity contribution in [3.8, 4) is 0 Å². The van der Waals surface area contributed by atoms with Crippen LogP contribution < -0.4 is 11.1 Å². The van der Waals surface area contributed by atoms with Gasteiger partial charge in [-0.15, -0.1) is 0 Å². The number of hydrogen-bond acceptors (Lipinski definition) is 2. The van der Waals surface area contributed by atoms with E-state index in [9.17, 15) is 4.79 Å². The predicted octanol–water partition coefficient (Wildman–Crippen LogP) is 2.77. The first-order chi connectivity index (χ1) is 7.75. The number of hydrogen-bond donors (Lipinski definition) is 2. The molecule has 0 fully saturated rings. The average Bonchev–Trinajstić information content (AvgIpc) is 2.18. The quantitative estimate of drug-likeness (QED) is 0.690. The first kappa shape index (κ1) is 16.4. The molecule has 0 saturated carbocycles. The van der Waals surface area contributed by atoms with Gasteiger partial charge >= 0.3 is 0 Å². The van der Waals surface area contributed by atoms with Crippen molar-refractivity contribution < 1.29 is 4.79 Å². The van der Waals surface area contributed by atoms with E-state index in [0.717, 1.165) is 12.8 Å². The molecule has 0 aromatic carbocycles. The molecule has 3 nitrogen and oxygen atoms in total. The molecular formula is C13H26N2OS. The van der Waals surface area contributed by atoms with Crippen LogP contribution in [0.15, 0.2) is 0 Å². The van der Waals surface area contributed by atoms with Gasteiger partial charge in [-0.1, -0.05) is 39.4 Å². The molecule has 0 aliphatic carbocycles. The third-order valence-electron chi connectivity index (χ3n) is 3.44. The topological polar surface area (TPSA) is 55.1 Å². The molecule has 1 amide bonds. The van der Waals surface area contributed by atoms with E-state index in [0.29, 0.717) is 17.8 Å². The summed E-state index contributed by atoms with van der Waals surface area (Å²) >= 11 is 5.07. The number of carbonyl (C=O) groups is 1. The van der Waals surface area contributed by atoms with Crippen LogP contribution in [-0.4, -0.2) is 16.4 Å². The second kappa shape index (κ2) is 6.34. The summed E-state index contributed by atoms with van der Waals surface area (Å²) in [4.78, 5) is 12.7. The van der Waals surface area contributed by atoms with Crippen LogP contribution in [0.2, 0.25) is 0 Å². The molecule has 0 spiro atoms. The van der Waals surface area contributed by atoms with Crippen LogP contribution in [0.25, 0.3) is 0 Å². The highest BCUT2D eigenvalue weighted by atomic mass is 32.1. The molecule has 0 aliphatic heterocycles. The summed E-state index contributed by atoms with van der Waals surface area (Å²) in [6.45, 7) is 10.1. The Morgan fingerprint density at radius 2 is 1.71 bits per heavy atom. The number of amides is 1. The van der Waals surface area contributed by atoms with Crippen molar-refractivity contribution in [3.63, 3.8) is 0 Å². The zero-order valence-corrected chi connectivity index (χ0v) is 12.5. The normalized spacial score (nSPS) is 12.3. The fourth-order valence-electron chi connectivity index (χ4n) is 2.15. The van der Waals surface area contributed by atoms with Crippen LogP contribution >= 0.6 is 12.2 Å². The van der Waals surface area contributed by atoms with E-state index in [1.54, 1.807) is 0 Å². The molecule has 0 heterocycles. The van der Waals surface area contributed by atoms with Gasteiger partial charge in [-0.25, -0.2) is 0 Å². The van der Waals surface area contributed by atoms with Crippen molar-refractivity contribution in [2.45, 2.75) is 65.8 Å². The molecule has 4 heteroatoms. The number of rotatable bonds is 7. The lowest BCUT2D eigenvalue weighted by atomic mass is 9.80. The molecular weight excluding hydrogens is 232 g/mol. The standard InChI is InChI=1S/C13H26N2OS/c1-6-9-12(4,5)15-11(16)13(7-2,8-3)10(14)17/h6-9H2,1-5H3,(H2,14,17)(H,15,16). The second-order valence-corrected chi connectivity index (χ2v) is 5.68. The molecule has 0 aromatic heterocycles. The molecule has 3 N–H and O–H groups in total. The van der Waals surface area contributed by atoms with Crippen LogP contribution in [0.5, 0.6) is 0 Å². The van der Waals surface area contributed by atoms with Gasteiger partial charge in [0.2, 0.25) is 5.91 Å². The van der Waals surface area contributed by atoms with E-state index >= 15 is 0 Å². The molecule has 0 radical (unpaired) electrons. The predicted molar refractivity (Wildman–Crippen MR) is 76.9 cm³/mol. The van der Waals surface area contributed by atoms with Crippen molar-refractivity contribution in [2.24, 2.45) is 11.1 Å². The Morgan fingerprint density at radius 1 is 1.24 bits per heavy atom. The van der Waals surface area contributed by atoms with Gasteiger partial charge in [0, 0.05) is 5.54 Å². The Labute approximate surface area is 111 Å². The van der Waals surface area contributed by atoms with Gasteiger partial charge < -0.3 is 11.1 Å². The van der Waals surface area contributed by atoms with Gasteiger partial charge in [-0.05, 0) is 33.1 Å². The molecule has 0 aliphatic rings. The largest absolute Gasteiger partial charge is 0.392 e. The summed E-state index contributed by atoms with van der Waals surface area (Å²) in [5.41, 5.74) is 4.86. The summed E-state index contributed by atoms with van der Waals surface area (Å²) in [6.07, 6.45) is 3.27. The van der Waals surface area contributed by atoms with E-state index in [1.165, 1.54) is 0 Å². The van der Waals surface area contributed by atoms with Crippen LogP contribution in [0.3, 0.4) is 0 Å². The maximum absolute atomic E-state index is 12.4. The van der Waals surface area contributed by atoms with Crippen molar-refractivity contribution >= 4 is 23.1 Å². The SMILES string of the molecule is CCCC(C)(C)NC(=O)C(CC)(CC)C(N)=S. The summed E-state index contributed by atoms with van der Waals surface area (Å²) < 4.78 is 0. The highest BCUT2D eigenvalue weighted by molar-refractivity contribution is 7.80. The Bertz CT molecular complexity index is 283. The number of carbonyl (C=O) groups excluding carboxylic acids is 1. The molecule has 0 unspecified atom stereocenters. The van der Waals surface area contributed by atoms with Gasteiger partial charge in [-0.3, -0.25) is 4.79 Å². The molecule has 0 rings (SSSR count). The summed E-state index contributed by atoms with van der Waals surface area (Å²) in [7, 11) is 0. The number of nitrogens with two attached hydrogens (primary N) is 1. The summed E-state index contributed by atoms with van der Waals surface area (Å²) in [6, 6.07) is 0. The Hall–Kier alpha value is -0.640. The Balaban J connectivity index is 4.94. The fraction of sp³-hybridized carbons (Fsp3) is 0.846. The van der Waals surface area contributed by atoms with Crippen molar-refractivity contribution in [3.05, 3.63) is 0 Å². The van der Waals surface area contributed by atoms with Crippen LogP contribution in [0.4, 0.5) is 0 Å². The number of thiocarbonyl (C=S) groups is 1. The van der Waals surface area contributed by atoms with Gasteiger partial charge in [0.1, 0.15) is 0 Å². The highest BCUT2D eigenvalue weighted by Gasteiger charge is 2.39. The Morgan fingerprint density at radius 3 is 2.00 bits per heavy atom. The monoisotopic (exact) mass is 258 g/mol. The lowest BCUT2D eigenvalue weighted by Gasteiger charge is -2.34. The fourth-order valence-corrected chi connectivity index (χ4v) is 2.53. The third kappa shape index (κ3) is 3.95. The Kier molecular flexibility index (Phi) is 6.10. The molecule has 0 atom stereocenters. The first-order valence-electron chi connectivity index (χ1n) is 6.38. The average molecular weight is 258 g/mol. The van der Waals surface area contributed by atoms with Crippen LogP contribution in [0.1, 0.15) is 60.3 Å². The van der Waals surface area contributed by atoms with Crippen molar-refractivity contribution in [1.82, 2.24) is 5.32 Å². The molecule has 0 aromatic rings. The summed E-state index contributed by atoms with van der Waals surface area (Å²) in [5, 5.41) is 3.07. The van der Waals surface area contributed by atoms with E-state index in [2.05, 4.69) is 12.2 Å². The molecule has 17 heavy (non-hydrogen) atoms. The van der Waals surface area contributed by atoms with E-state index in [1.807, 2.05) is 27.7 Å². The minimum absolute atomic E-state index is 0.0338. The lowest BCUT2D eigenvalue weighted by Crippen LogP contribution is -2.54. The van der Waals surface area contributed by atoms with Crippen LogP contribution in [0, 0.1) is 5.41 Å². The minimum atomic E-state index is -0.694. The molecule has 0 bridgehead atoms. The lowest BCUT2D eigenvalue weighted by molar-refractivity contribution is -0.129. The van der Waals surface area contributed by atoms with E-state index in [-0.39, 0.29) is 11.4 Å². The maximum atomic E-state index is 12.4. The highest BCUT2D eigenvalue weighted by Crippen LogP contribution is 2.28. The minimum Gasteiger partial charge on any atom is -0.392 e. The smallest absolute Gasteiger partial charge is 0.233 e.